The molecule has 0 bridgehead atoms. The van der Waals surface area contributed by atoms with E-state index in [0.717, 1.165) is 38.8 Å². The van der Waals surface area contributed by atoms with Gasteiger partial charge in [-0.05, 0) is 24.3 Å². The maximum atomic E-state index is 9.78. The van der Waals surface area contributed by atoms with Gasteiger partial charge < -0.3 is 15.4 Å². The molecule has 0 fully saturated rings. The van der Waals surface area contributed by atoms with Crippen molar-refractivity contribution < 1.29 is 5.11 Å². The van der Waals surface area contributed by atoms with Crippen molar-refractivity contribution in [2.45, 2.75) is 6.73 Å². The van der Waals surface area contributed by atoms with Gasteiger partial charge in [0, 0.05) is 22.5 Å². The molecule has 0 aliphatic rings. The van der Waals surface area contributed by atoms with E-state index in [4.69, 9.17) is 11.6 Å². The van der Waals surface area contributed by atoms with Crippen molar-refractivity contribution in [2.75, 3.05) is 5.01 Å². The van der Waals surface area contributed by atoms with Crippen LogP contribution in [0.3, 0.4) is 0 Å². The van der Waals surface area contributed by atoms with Gasteiger partial charge in [-0.25, -0.2) is 5.84 Å². The second-order valence-electron chi connectivity index (χ2n) is 6.08. The van der Waals surface area contributed by atoms with Crippen LogP contribution in [0.1, 0.15) is 5.56 Å². The molecule has 1 aromatic heterocycles. The third-order valence-electron chi connectivity index (χ3n) is 4.66. The van der Waals surface area contributed by atoms with Crippen LogP contribution in [0.2, 0.25) is 0 Å². The molecule has 0 unspecified atom stereocenters. The largest absolute Gasteiger partial charge is 0.403 e. The minimum atomic E-state index is -0.0757. The molecule has 0 saturated heterocycles. The topological polar surface area (TPSA) is 80.4 Å². The van der Waals surface area contributed by atoms with E-state index < -0.39 is 0 Å². The fraction of sp³-hybridized carbons (Fsp3) is 0.0476. The van der Waals surface area contributed by atoms with Crippen molar-refractivity contribution in [2.24, 2.45) is 11.6 Å². The molecule has 0 saturated carbocycles. The number of aromatic nitrogens is 1. The first-order valence-corrected chi connectivity index (χ1v) is 8.38. The third-order valence-corrected chi connectivity index (χ3v) is 4.66. The Hall–Kier alpha value is -3.28. The number of anilines is 1. The van der Waals surface area contributed by atoms with Crippen LogP contribution < -0.4 is 16.6 Å². The molecule has 0 amide bonds. The minimum Gasteiger partial charge on any atom is -0.403 e. The summed E-state index contributed by atoms with van der Waals surface area (Å²) in [6, 6.07) is 23.7. The number of hydrazine groups is 1. The lowest BCUT2D eigenvalue weighted by Gasteiger charge is -2.22. The van der Waals surface area contributed by atoms with Crippen LogP contribution >= 0.6 is 0 Å². The number of aliphatic hydroxyl groups excluding tert-OH is 1. The van der Waals surface area contributed by atoms with Gasteiger partial charge in [-0.1, -0.05) is 48.5 Å². The highest BCUT2D eigenvalue weighted by Crippen LogP contribution is 2.33. The van der Waals surface area contributed by atoms with Gasteiger partial charge in [-0.2, -0.15) is 0 Å². The third kappa shape index (κ3) is 2.50. The summed E-state index contributed by atoms with van der Waals surface area (Å²) in [7, 11) is 0. The first-order chi connectivity index (χ1) is 12.7. The minimum absolute atomic E-state index is 0.0757. The number of hydrogen-bond acceptors (Lipinski definition) is 4. The Morgan fingerprint density at radius 1 is 0.923 bits per heavy atom. The average molecular weight is 344 g/mol. The number of hydrogen-bond donors (Lipinski definition) is 3. The Labute approximate surface area is 151 Å². The summed E-state index contributed by atoms with van der Waals surface area (Å²) in [6.45, 7) is -0.0757. The highest BCUT2D eigenvalue weighted by atomic mass is 16.3. The Morgan fingerprint density at radius 3 is 2.35 bits per heavy atom. The van der Waals surface area contributed by atoms with E-state index in [-0.39, 0.29) is 6.73 Å². The summed E-state index contributed by atoms with van der Waals surface area (Å²) < 4.78 is 1.88. The van der Waals surface area contributed by atoms with E-state index in [9.17, 15) is 5.11 Å². The van der Waals surface area contributed by atoms with Gasteiger partial charge in [0.1, 0.15) is 6.73 Å². The monoisotopic (exact) mass is 344 g/mol. The van der Waals surface area contributed by atoms with Crippen molar-refractivity contribution in [3.63, 3.8) is 0 Å². The first kappa shape index (κ1) is 16.2. The smallest absolute Gasteiger partial charge is 0.120 e. The van der Waals surface area contributed by atoms with Crippen LogP contribution in [-0.4, -0.2) is 9.67 Å². The van der Waals surface area contributed by atoms with Crippen molar-refractivity contribution in [1.82, 2.24) is 4.57 Å². The van der Waals surface area contributed by atoms with E-state index in [0.29, 0.717) is 0 Å². The van der Waals surface area contributed by atoms with Crippen LogP contribution in [0.4, 0.5) is 5.69 Å². The number of fused-ring (bicyclic) bond motifs is 3. The second-order valence-corrected chi connectivity index (χ2v) is 6.08. The maximum absolute atomic E-state index is 9.78. The number of para-hydroxylation sites is 1. The van der Waals surface area contributed by atoms with E-state index in [1.54, 1.807) is 5.01 Å². The van der Waals surface area contributed by atoms with Crippen LogP contribution in [0, 0.1) is 0 Å². The lowest BCUT2D eigenvalue weighted by molar-refractivity contribution is 0.220. The van der Waals surface area contributed by atoms with E-state index in [2.05, 4.69) is 0 Å². The molecule has 4 rings (SSSR count). The van der Waals surface area contributed by atoms with Gasteiger partial charge in [0.2, 0.25) is 0 Å². The lowest BCUT2D eigenvalue weighted by Crippen LogP contribution is -2.29. The van der Waals surface area contributed by atoms with Crippen LogP contribution in [0.5, 0.6) is 0 Å². The molecule has 1 heterocycles. The molecule has 3 aromatic carbocycles. The van der Waals surface area contributed by atoms with Crippen LogP contribution in [0.25, 0.3) is 27.5 Å². The zero-order chi connectivity index (χ0) is 18.1. The molecule has 0 radical (unpaired) electrons. The SMILES string of the molecule is N/C=C(/c1ccccc1)N(N)c1ccc2c(c1)c1ccccc1n2CO. The number of rotatable bonds is 4. The number of nitrogens with zero attached hydrogens (tertiary/aromatic N) is 2. The predicted octanol–water partition coefficient (Wildman–Crippen LogP) is 3.38. The van der Waals surface area contributed by atoms with Gasteiger partial charge in [0.05, 0.1) is 22.4 Å². The van der Waals surface area contributed by atoms with Crippen molar-refractivity contribution in [1.29, 1.82) is 0 Å². The van der Waals surface area contributed by atoms with Crippen molar-refractivity contribution in [3.05, 3.63) is 84.6 Å². The molecule has 0 atom stereocenters. The zero-order valence-electron chi connectivity index (χ0n) is 14.2. The molecule has 0 spiro atoms. The summed E-state index contributed by atoms with van der Waals surface area (Å²) in [5.41, 5.74) is 10.3. The number of aliphatic hydroxyl groups is 1. The number of nitrogens with two attached hydrogens (primary N) is 2. The highest BCUT2D eigenvalue weighted by molar-refractivity contribution is 6.09. The predicted molar refractivity (Wildman–Crippen MR) is 107 cm³/mol. The fourth-order valence-electron chi connectivity index (χ4n) is 3.41. The fourth-order valence-corrected chi connectivity index (χ4v) is 3.41. The molecule has 0 aliphatic heterocycles. The normalized spacial score (nSPS) is 12.0. The molecular formula is C21H20N4O. The number of benzene rings is 3. The van der Waals surface area contributed by atoms with Gasteiger partial charge in [-0.3, -0.25) is 5.01 Å². The summed E-state index contributed by atoms with van der Waals surface area (Å²) in [5.74, 6) is 6.39. The van der Waals surface area contributed by atoms with Gasteiger partial charge in [0.25, 0.3) is 0 Å². The Kier molecular flexibility index (Phi) is 4.08. The molecule has 4 aromatic rings. The van der Waals surface area contributed by atoms with Crippen molar-refractivity contribution in [3.8, 4) is 0 Å². The first-order valence-electron chi connectivity index (χ1n) is 8.38. The Bertz CT molecular complexity index is 1100. The standard InChI is InChI=1S/C21H20N4O/c22-13-21(15-6-2-1-3-7-15)25(23)16-10-11-20-18(12-16)17-8-4-5-9-19(17)24(20)14-26/h1-13,26H,14,22-23H2/b21-13-. The van der Waals surface area contributed by atoms with Crippen LogP contribution in [-0.2, 0) is 6.73 Å². The van der Waals surface area contributed by atoms with E-state index >= 15 is 0 Å². The quantitative estimate of drug-likeness (QED) is 0.392. The van der Waals surface area contributed by atoms with E-state index in [1.807, 2.05) is 77.4 Å². The van der Waals surface area contributed by atoms with E-state index in [1.165, 1.54) is 6.20 Å². The summed E-state index contributed by atoms with van der Waals surface area (Å²) >= 11 is 0. The average Bonchev–Trinajstić information content (AvgIpc) is 3.02. The molecule has 26 heavy (non-hydrogen) atoms. The summed E-state index contributed by atoms with van der Waals surface area (Å²) in [4.78, 5) is 0. The molecule has 5 heteroatoms. The Morgan fingerprint density at radius 2 is 1.62 bits per heavy atom. The summed E-state index contributed by atoms with van der Waals surface area (Å²) in [5, 5.41) is 13.5. The molecule has 5 nitrogen and oxygen atoms in total. The van der Waals surface area contributed by atoms with Gasteiger partial charge >= 0.3 is 0 Å². The Balaban J connectivity index is 1.86. The second kappa shape index (κ2) is 6.55. The molecule has 0 aliphatic carbocycles. The van der Waals surface area contributed by atoms with Gasteiger partial charge in [-0.15, -0.1) is 0 Å². The highest BCUT2D eigenvalue weighted by Gasteiger charge is 2.14. The van der Waals surface area contributed by atoms with Gasteiger partial charge in [0.15, 0.2) is 0 Å². The molecular weight excluding hydrogens is 324 g/mol. The molecule has 5 N–H and O–H groups in total. The lowest BCUT2D eigenvalue weighted by atomic mass is 10.1. The van der Waals surface area contributed by atoms with Crippen molar-refractivity contribution >= 4 is 33.2 Å². The maximum Gasteiger partial charge on any atom is 0.120 e. The summed E-state index contributed by atoms with van der Waals surface area (Å²) in [6.07, 6.45) is 1.51. The molecule has 130 valence electrons. The van der Waals surface area contributed by atoms with Crippen LogP contribution in [0.15, 0.2) is 79.0 Å². The zero-order valence-corrected chi connectivity index (χ0v) is 14.2.